The molecule has 0 aliphatic carbocycles. The fourth-order valence-electron chi connectivity index (χ4n) is 1.28. The van der Waals surface area contributed by atoms with Crippen LogP contribution in [0.3, 0.4) is 0 Å². The third-order valence-electron chi connectivity index (χ3n) is 2.97. The molecule has 0 atom stereocenters. The van der Waals surface area contributed by atoms with Gasteiger partial charge in [-0.25, -0.2) is 0 Å². The molecule has 76 valence electrons. The van der Waals surface area contributed by atoms with Crippen LogP contribution in [0.2, 0.25) is 0 Å². The fourth-order valence-corrected chi connectivity index (χ4v) is 1.28. The van der Waals surface area contributed by atoms with Crippen LogP contribution in [0.1, 0.15) is 53.4 Å². The summed E-state index contributed by atoms with van der Waals surface area (Å²) in [5.41, 5.74) is 0.459. The van der Waals surface area contributed by atoms with Crippen molar-refractivity contribution in [2.24, 2.45) is 5.41 Å². The standard InChI is InChI=1S/C12H22O/c1-5-12(4,6-2)10-8-7-9-11(3)13/h7,9H,5-6,8,10H2,1-4H3. The minimum Gasteiger partial charge on any atom is -0.295 e. The molecule has 13 heavy (non-hydrogen) atoms. The van der Waals surface area contributed by atoms with Gasteiger partial charge < -0.3 is 0 Å². The highest BCUT2D eigenvalue weighted by Gasteiger charge is 2.17. The van der Waals surface area contributed by atoms with E-state index in [4.69, 9.17) is 0 Å². The first-order valence-corrected chi connectivity index (χ1v) is 5.21. The van der Waals surface area contributed by atoms with Crippen molar-refractivity contribution in [3.8, 4) is 0 Å². The Hall–Kier alpha value is -0.590. The molecule has 0 saturated carbocycles. The lowest BCUT2D eigenvalue weighted by Crippen LogP contribution is -2.12. The number of hydrogen-bond acceptors (Lipinski definition) is 1. The summed E-state index contributed by atoms with van der Waals surface area (Å²) in [5.74, 6) is 0.148. The fraction of sp³-hybridized carbons (Fsp3) is 0.750. The third-order valence-corrected chi connectivity index (χ3v) is 2.97. The monoisotopic (exact) mass is 182 g/mol. The minimum atomic E-state index is 0.148. The van der Waals surface area contributed by atoms with Crippen LogP contribution in [0.15, 0.2) is 12.2 Å². The summed E-state index contributed by atoms with van der Waals surface area (Å²) in [5, 5.41) is 0. The van der Waals surface area contributed by atoms with Crippen molar-refractivity contribution in [3.05, 3.63) is 12.2 Å². The largest absolute Gasteiger partial charge is 0.295 e. The second-order valence-electron chi connectivity index (χ2n) is 4.07. The van der Waals surface area contributed by atoms with Gasteiger partial charge >= 0.3 is 0 Å². The maximum absolute atomic E-state index is 10.6. The lowest BCUT2D eigenvalue weighted by molar-refractivity contribution is -0.112. The van der Waals surface area contributed by atoms with Gasteiger partial charge in [0, 0.05) is 0 Å². The van der Waals surface area contributed by atoms with Crippen LogP contribution in [-0.2, 0) is 4.79 Å². The van der Waals surface area contributed by atoms with Crippen molar-refractivity contribution in [2.75, 3.05) is 0 Å². The zero-order valence-electron chi connectivity index (χ0n) is 9.39. The normalized spacial score (nSPS) is 12.3. The minimum absolute atomic E-state index is 0.148. The summed E-state index contributed by atoms with van der Waals surface area (Å²) >= 11 is 0. The average Bonchev–Trinajstić information content (AvgIpc) is 2.12. The highest BCUT2D eigenvalue weighted by atomic mass is 16.1. The van der Waals surface area contributed by atoms with Crippen molar-refractivity contribution < 1.29 is 4.79 Å². The van der Waals surface area contributed by atoms with Gasteiger partial charge in [-0.05, 0) is 31.3 Å². The Morgan fingerprint density at radius 3 is 2.23 bits per heavy atom. The van der Waals surface area contributed by atoms with Crippen LogP contribution in [-0.4, -0.2) is 5.78 Å². The van der Waals surface area contributed by atoms with E-state index in [2.05, 4.69) is 20.8 Å². The molecule has 0 rings (SSSR count). The number of ketones is 1. The molecule has 0 aromatic carbocycles. The molecule has 0 aliphatic heterocycles. The quantitative estimate of drug-likeness (QED) is 0.572. The van der Waals surface area contributed by atoms with Crippen molar-refractivity contribution in [3.63, 3.8) is 0 Å². The summed E-state index contributed by atoms with van der Waals surface area (Å²) in [4.78, 5) is 10.6. The Balaban J connectivity index is 3.80. The highest BCUT2D eigenvalue weighted by Crippen LogP contribution is 2.30. The zero-order valence-corrected chi connectivity index (χ0v) is 9.39. The average molecular weight is 182 g/mol. The van der Waals surface area contributed by atoms with Crippen LogP contribution in [0, 0.1) is 5.41 Å². The van der Waals surface area contributed by atoms with Crippen molar-refractivity contribution in [1.29, 1.82) is 0 Å². The molecule has 0 radical (unpaired) electrons. The van der Waals surface area contributed by atoms with Gasteiger partial charge in [0.1, 0.15) is 0 Å². The first-order valence-electron chi connectivity index (χ1n) is 5.21. The van der Waals surface area contributed by atoms with E-state index in [1.807, 2.05) is 6.08 Å². The van der Waals surface area contributed by atoms with E-state index in [-0.39, 0.29) is 5.78 Å². The van der Waals surface area contributed by atoms with Gasteiger partial charge in [-0.3, -0.25) is 4.79 Å². The van der Waals surface area contributed by atoms with Gasteiger partial charge in [-0.2, -0.15) is 0 Å². The summed E-state index contributed by atoms with van der Waals surface area (Å²) in [6, 6.07) is 0. The summed E-state index contributed by atoms with van der Waals surface area (Å²) in [7, 11) is 0. The summed E-state index contributed by atoms with van der Waals surface area (Å²) < 4.78 is 0. The molecule has 0 spiro atoms. The van der Waals surface area contributed by atoms with Crippen molar-refractivity contribution in [2.45, 2.75) is 53.4 Å². The smallest absolute Gasteiger partial charge is 0.152 e. The third kappa shape index (κ3) is 5.62. The molecule has 1 heteroatoms. The molecule has 0 aromatic heterocycles. The maximum Gasteiger partial charge on any atom is 0.152 e. The molecule has 0 saturated heterocycles. The van der Waals surface area contributed by atoms with Crippen molar-refractivity contribution in [1.82, 2.24) is 0 Å². The van der Waals surface area contributed by atoms with Crippen LogP contribution >= 0.6 is 0 Å². The van der Waals surface area contributed by atoms with E-state index in [0.717, 1.165) is 6.42 Å². The van der Waals surface area contributed by atoms with Crippen LogP contribution in [0.5, 0.6) is 0 Å². The molecule has 0 bridgehead atoms. The van der Waals surface area contributed by atoms with Crippen LogP contribution in [0.25, 0.3) is 0 Å². The van der Waals surface area contributed by atoms with Gasteiger partial charge in [-0.15, -0.1) is 0 Å². The van der Waals surface area contributed by atoms with E-state index in [1.165, 1.54) is 19.3 Å². The number of carbonyl (C=O) groups excluding carboxylic acids is 1. The Morgan fingerprint density at radius 1 is 1.31 bits per heavy atom. The van der Waals surface area contributed by atoms with Gasteiger partial charge in [0.25, 0.3) is 0 Å². The molecule has 0 heterocycles. The molecule has 0 aliphatic rings. The Kier molecular flexibility index (Phi) is 5.68. The Bertz CT molecular complexity index is 176. The Morgan fingerprint density at radius 2 is 1.85 bits per heavy atom. The molecule has 0 N–H and O–H groups in total. The van der Waals surface area contributed by atoms with E-state index < -0.39 is 0 Å². The molecule has 0 fully saturated rings. The Labute approximate surface area is 82.2 Å². The molecular weight excluding hydrogens is 160 g/mol. The van der Waals surface area contributed by atoms with E-state index in [0.29, 0.717) is 5.41 Å². The predicted molar refractivity (Wildman–Crippen MR) is 57.7 cm³/mol. The highest BCUT2D eigenvalue weighted by molar-refractivity contribution is 5.87. The molecular formula is C12H22O. The number of carbonyl (C=O) groups is 1. The lowest BCUT2D eigenvalue weighted by atomic mass is 9.80. The molecule has 0 aromatic rings. The van der Waals surface area contributed by atoms with Crippen LogP contribution in [0.4, 0.5) is 0 Å². The summed E-state index contributed by atoms with van der Waals surface area (Å²) in [6.45, 7) is 8.38. The SMILES string of the molecule is CCC(C)(CC)CCC=CC(C)=O. The maximum atomic E-state index is 10.6. The van der Waals surface area contributed by atoms with E-state index >= 15 is 0 Å². The zero-order chi connectivity index (χ0) is 10.3. The number of hydrogen-bond donors (Lipinski definition) is 0. The van der Waals surface area contributed by atoms with Crippen LogP contribution < -0.4 is 0 Å². The van der Waals surface area contributed by atoms with Gasteiger partial charge in [0.2, 0.25) is 0 Å². The number of rotatable bonds is 6. The van der Waals surface area contributed by atoms with Crippen molar-refractivity contribution >= 4 is 5.78 Å². The summed E-state index contributed by atoms with van der Waals surface area (Å²) in [6.07, 6.45) is 8.31. The van der Waals surface area contributed by atoms with Gasteiger partial charge in [0.05, 0.1) is 0 Å². The molecule has 0 unspecified atom stereocenters. The second kappa shape index (κ2) is 5.95. The lowest BCUT2D eigenvalue weighted by Gasteiger charge is -2.25. The first kappa shape index (κ1) is 12.4. The number of allylic oxidation sites excluding steroid dienone is 2. The topological polar surface area (TPSA) is 17.1 Å². The molecule has 1 nitrogen and oxygen atoms in total. The molecule has 0 amide bonds. The van der Waals surface area contributed by atoms with Gasteiger partial charge in [0.15, 0.2) is 5.78 Å². The first-order chi connectivity index (χ1) is 6.04. The van der Waals surface area contributed by atoms with E-state index in [1.54, 1.807) is 13.0 Å². The van der Waals surface area contributed by atoms with E-state index in [9.17, 15) is 4.79 Å². The predicted octanol–water partition coefficient (Wildman–Crippen LogP) is 3.74. The second-order valence-corrected chi connectivity index (χ2v) is 4.07. The van der Waals surface area contributed by atoms with Gasteiger partial charge in [-0.1, -0.05) is 39.7 Å².